The average molecular weight is 1700 g/mol. The number of likely N-dealkylation sites (N-methyl/N-ethyl adjacent to an activating group) is 5. The number of pyridine rings is 3. The van der Waals surface area contributed by atoms with Crippen molar-refractivity contribution in [1.82, 2.24) is 118 Å². The molecule has 640 valence electrons. The van der Waals surface area contributed by atoms with E-state index in [4.69, 9.17) is 52.9 Å². The number of esters is 1. The maximum Gasteiger partial charge on any atom is 0.342 e. The van der Waals surface area contributed by atoms with Crippen LogP contribution in [0, 0.1) is 11.3 Å². The number of aldehydes is 1. The van der Waals surface area contributed by atoms with Crippen LogP contribution < -0.4 is 30.7 Å². The fraction of sp³-hybridized carbons (Fsp3) is 0.393. The zero-order chi connectivity index (χ0) is 85.9. The molecule has 5 aliphatic rings. The zero-order valence-corrected chi connectivity index (χ0v) is 72.6. The molecule has 0 radical (unpaired) electrons. The maximum absolute atomic E-state index is 12.6. The molecule has 11 aromatic heterocycles. The number of aromatic amines is 1. The Morgan fingerprint density at radius 3 is 1.33 bits per heavy atom. The van der Waals surface area contributed by atoms with Crippen LogP contribution in [0.4, 0.5) is 17.5 Å². The minimum absolute atomic E-state index is 0.0301. The molecule has 16 heterocycles. The van der Waals surface area contributed by atoms with E-state index in [9.17, 15) is 19.6 Å². The van der Waals surface area contributed by atoms with E-state index in [-0.39, 0.29) is 21.9 Å². The number of nitrogens with one attached hydrogen (secondary N) is 4. The largest absolute Gasteiger partial charge is 0.462 e. The summed E-state index contributed by atoms with van der Waals surface area (Å²) >= 11 is 10.8. The molecule has 34 heteroatoms. The molecule has 5 fully saturated rings. The first-order valence-electron chi connectivity index (χ1n) is 42.1. The molecule has 5 saturated heterocycles. The number of nitriles is 1. The van der Waals surface area contributed by atoms with Crippen LogP contribution >= 0.6 is 23.2 Å². The van der Waals surface area contributed by atoms with Crippen LogP contribution in [0.15, 0.2) is 140 Å². The van der Waals surface area contributed by atoms with Crippen LogP contribution in [0.25, 0.3) is 94.6 Å². The second-order valence-corrected chi connectivity index (χ2v) is 31.7. The van der Waals surface area contributed by atoms with Crippen molar-refractivity contribution in [1.29, 1.82) is 5.26 Å². The van der Waals surface area contributed by atoms with Gasteiger partial charge in [-0.2, -0.15) is 5.26 Å². The van der Waals surface area contributed by atoms with Gasteiger partial charge in [0.05, 0.1) is 86.7 Å². The van der Waals surface area contributed by atoms with Gasteiger partial charge in [-0.25, -0.2) is 64.6 Å². The number of para-hydroxylation sites is 8. The van der Waals surface area contributed by atoms with Gasteiger partial charge in [-0.15, -0.1) is 0 Å². The number of rotatable bonds is 8. The van der Waals surface area contributed by atoms with E-state index >= 15 is 0 Å². The van der Waals surface area contributed by atoms with E-state index in [0.717, 1.165) is 196 Å². The SMILES string of the molecule is CCOC(=O)c1cc2ncc(N3CCCN(C)CC3)nc2n2c1nc1ccccc12.CCc1nc2ccccc2[nH]1.CN1CCCN(c2cnc3cc(C#N)c4nc5ccccc5n4c3n2)CC1.CN1CCCNCC1.CN1CCCNCC1.CNC(=O)c1cc2ncc(N3CCCN(C)CC3)nc2n2c1nc1ccccc12.O=Cc1ncc(Cl)nc1Cl. The topological polar surface area (TPSA) is 330 Å². The fourth-order valence-corrected chi connectivity index (χ4v) is 15.8. The molecule has 0 unspecified atom stereocenters. The highest BCUT2D eigenvalue weighted by molar-refractivity contribution is 6.33. The lowest BCUT2D eigenvalue weighted by Gasteiger charge is -2.21. The van der Waals surface area contributed by atoms with Gasteiger partial charge < -0.3 is 64.9 Å². The monoisotopic (exact) mass is 1700 g/mol. The number of aryl methyl sites for hydroxylation is 1. The molecule has 0 saturated carbocycles. The summed E-state index contributed by atoms with van der Waals surface area (Å²) in [4.78, 5) is 112. The molecule has 15 aromatic rings. The van der Waals surface area contributed by atoms with Crippen LogP contribution in [0.2, 0.25) is 10.3 Å². The molecule has 5 aliphatic heterocycles. The Morgan fingerprint density at radius 2 is 0.878 bits per heavy atom. The number of amides is 1. The molecule has 0 atom stereocenters. The van der Waals surface area contributed by atoms with Crippen LogP contribution in [0.1, 0.15) is 88.5 Å². The van der Waals surface area contributed by atoms with E-state index in [1.54, 1.807) is 38.4 Å². The number of carbonyl (C=O) groups excluding carboxylic acids is 3. The summed E-state index contributed by atoms with van der Waals surface area (Å²) in [5.41, 5.74) is 14.9. The summed E-state index contributed by atoms with van der Waals surface area (Å²) < 4.78 is 11.1. The highest BCUT2D eigenvalue weighted by Crippen LogP contribution is 2.31. The number of hydrogen-bond donors (Lipinski definition) is 4. The van der Waals surface area contributed by atoms with Crippen molar-refractivity contribution in [2.75, 3.05) is 194 Å². The Bertz CT molecular complexity index is 6160. The third kappa shape index (κ3) is 21.2. The number of aromatic nitrogens is 16. The first kappa shape index (κ1) is 87.4. The number of ether oxygens (including phenoxy) is 1. The summed E-state index contributed by atoms with van der Waals surface area (Å²) in [6.45, 7) is 25.7. The predicted octanol–water partition coefficient (Wildman–Crippen LogP) is 10.7. The lowest BCUT2D eigenvalue weighted by molar-refractivity contribution is 0.0527. The average Bonchev–Trinajstić information content (AvgIpc) is 1.62. The number of nitrogens with zero attached hydrogens (tertiary/aromatic N) is 24. The van der Waals surface area contributed by atoms with Gasteiger partial charge in [-0.05, 0) is 187 Å². The lowest BCUT2D eigenvalue weighted by Crippen LogP contribution is -2.29. The number of anilines is 3. The summed E-state index contributed by atoms with van der Waals surface area (Å²) in [5, 5.41) is 19.2. The van der Waals surface area contributed by atoms with Crippen molar-refractivity contribution in [3.8, 4) is 6.07 Å². The maximum atomic E-state index is 12.6. The van der Waals surface area contributed by atoms with Crippen LogP contribution in [0.5, 0.6) is 0 Å². The van der Waals surface area contributed by atoms with Gasteiger partial charge >= 0.3 is 5.97 Å². The molecule has 0 aliphatic carbocycles. The Labute approximate surface area is 723 Å². The second-order valence-electron chi connectivity index (χ2n) is 31.0. The first-order valence-corrected chi connectivity index (χ1v) is 42.9. The lowest BCUT2D eigenvalue weighted by atomic mass is 10.2. The normalized spacial score (nSPS) is 16.1. The van der Waals surface area contributed by atoms with E-state index in [2.05, 4.69) is 143 Å². The smallest absolute Gasteiger partial charge is 0.342 e. The van der Waals surface area contributed by atoms with Crippen molar-refractivity contribution in [3.05, 3.63) is 179 Å². The van der Waals surface area contributed by atoms with Gasteiger partial charge in [0, 0.05) is 98.6 Å². The second kappa shape index (κ2) is 41.8. The number of hydrogen-bond acceptors (Lipinski definition) is 27. The number of imidazole rings is 4. The van der Waals surface area contributed by atoms with Crippen molar-refractivity contribution >= 4 is 153 Å². The third-order valence-electron chi connectivity index (χ3n) is 22.1. The molecule has 4 aromatic carbocycles. The summed E-state index contributed by atoms with van der Waals surface area (Å²) in [5.74, 6) is 3.06. The Balaban J connectivity index is 0.000000125. The molecular formula is C89H106Cl2N28O4. The van der Waals surface area contributed by atoms with Gasteiger partial charge in [0.15, 0.2) is 45.3 Å². The molecule has 4 N–H and O–H groups in total. The van der Waals surface area contributed by atoms with Gasteiger partial charge in [-0.3, -0.25) is 22.8 Å². The fourth-order valence-electron chi connectivity index (χ4n) is 15.4. The minimum Gasteiger partial charge on any atom is -0.462 e. The molecular weight excluding hydrogens is 1600 g/mol. The van der Waals surface area contributed by atoms with Crippen molar-refractivity contribution in [3.63, 3.8) is 0 Å². The number of H-pyrrole nitrogens is 1. The first-order chi connectivity index (χ1) is 60.0. The van der Waals surface area contributed by atoms with Crippen LogP contribution in [-0.2, 0) is 11.2 Å². The van der Waals surface area contributed by atoms with Crippen molar-refractivity contribution < 1.29 is 19.1 Å². The summed E-state index contributed by atoms with van der Waals surface area (Å²) in [6, 6.07) is 39.2. The third-order valence-corrected chi connectivity index (χ3v) is 22.6. The summed E-state index contributed by atoms with van der Waals surface area (Å²) in [6.07, 6.45) is 14.1. The van der Waals surface area contributed by atoms with Gasteiger partial charge in [0.2, 0.25) is 0 Å². The number of carbonyl (C=O) groups is 3. The predicted molar refractivity (Wildman–Crippen MR) is 487 cm³/mol. The molecule has 32 nitrogen and oxygen atoms in total. The van der Waals surface area contributed by atoms with Crippen LogP contribution in [-0.4, -0.2) is 300 Å². The standard InChI is InChI=1S/C22H24N6O2.C21H23N7O.C20H19N7.C9H10N2.2C6H14N2.C5H2Cl2N2O/c1-3-30-22(29)15-13-17-21(28-18-8-5-4-7-16(18)24-20(15)28)25-19(14-23-17)27-10-6-9-26(2)11-12-27;1-22-21(29)14-12-16-20(28-17-7-4-3-6-15(17)24-19(14)28)25-18(13-23-16)27-9-5-8-26(2)10-11-27;1-25-7-4-8-26(10-9-25)18-13-22-16-11-14(12-21)19-23-15-5-2-3-6-17(15)27(19)20(16)24-18;1-2-9-10-7-5-3-4-6-8(7)11-9;2*1-8-5-2-3-7-4-6-8;6-4-1-8-3(2-10)5(7)9-4/h4-5,7-8,13-14H,3,6,9-12H2,1-2H3;3-4,6-7,12-13H,5,8-11H2,1-2H3,(H,22,29);2-3,5-6,11,13H,4,7-10H2,1H3;3-6H,2H2,1H3,(H,10,11);2*7H,2-6H2,1H3;1-2H. The van der Waals surface area contributed by atoms with E-state index in [1.807, 2.05) is 123 Å². The van der Waals surface area contributed by atoms with Gasteiger partial charge in [-0.1, -0.05) is 78.7 Å². The summed E-state index contributed by atoms with van der Waals surface area (Å²) in [7, 11) is 12.4. The zero-order valence-electron chi connectivity index (χ0n) is 71.1. The van der Waals surface area contributed by atoms with Crippen molar-refractivity contribution in [2.24, 2.45) is 0 Å². The van der Waals surface area contributed by atoms with Crippen molar-refractivity contribution in [2.45, 2.75) is 52.4 Å². The van der Waals surface area contributed by atoms with E-state index in [1.165, 1.54) is 58.3 Å². The number of fused-ring (bicyclic) bond motifs is 16. The van der Waals surface area contributed by atoms with Crippen LogP contribution in [0.3, 0.4) is 0 Å². The highest BCUT2D eigenvalue weighted by atomic mass is 35.5. The highest BCUT2D eigenvalue weighted by Gasteiger charge is 2.26. The molecule has 1 amide bonds. The quantitative estimate of drug-likeness (QED) is 0.0811. The molecule has 123 heavy (non-hydrogen) atoms. The molecule has 0 bridgehead atoms. The van der Waals surface area contributed by atoms with E-state index < -0.39 is 5.97 Å². The minimum atomic E-state index is -0.402. The molecule has 0 spiro atoms. The van der Waals surface area contributed by atoms with E-state index in [0.29, 0.717) is 68.7 Å². The Kier molecular flexibility index (Phi) is 29.7. The molecule has 20 rings (SSSR count). The number of benzene rings is 4. The van der Waals surface area contributed by atoms with Gasteiger partial charge in [0.25, 0.3) is 5.91 Å². The Hall–Kier alpha value is -11.9. The van der Waals surface area contributed by atoms with Gasteiger partial charge in [0.1, 0.15) is 62.3 Å². The Morgan fingerprint density at radius 1 is 0.455 bits per heavy atom. The number of halogens is 2.